The molecule has 0 unspecified atom stereocenters. The number of allylic oxidation sites excluding steroid dienone is 1. The molecule has 4 rings (SSSR count). The zero-order chi connectivity index (χ0) is 14.6. The minimum absolute atomic E-state index is 0.00455. The minimum atomic E-state index is 0.00455. The maximum Gasteiger partial charge on any atom is 0.165 e. The van der Waals surface area contributed by atoms with Crippen LogP contribution >= 0.6 is 0 Å². The van der Waals surface area contributed by atoms with E-state index in [0.717, 1.165) is 31.3 Å². The molecule has 2 heterocycles. The molecule has 4 atom stereocenters. The largest absolute Gasteiger partial charge is 0.364 e. The number of hydrogen-bond donors (Lipinski definition) is 0. The second-order valence-electron chi connectivity index (χ2n) is 6.53. The molecule has 1 aliphatic carbocycles. The average Bonchev–Trinajstić information content (AvgIpc) is 3.13. The fourth-order valence-corrected chi connectivity index (χ4v) is 4.65. The van der Waals surface area contributed by atoms with E-state index < -0.39 is 0 Å². The molecule has 1 aromatic rings. The molecular weight excluding hydrogens is 260 g/mol. The third-order valence-electron chi connectivity index (χ3n) is 5.35. The Kier molecular flexibility index (Phi) is 3.04. The Hall–Kier alpha value is -1.41. The first-order valence-electron chi connectivity index (χ1n) is 8.28. The van der Waals surface area contributed by atoms with Gasteiger partial charge in [0.1, 0.15) is 0 Å². The van der Waals surface area contributed by atoms with E-state index in [2.05, 4.69) is 38.1 Å². The van der Waals surface area contributed by atoms with Crippen molar-refractivity contribution in [2.45, 2.75) is 51.7 Å². The molecule has 2 bridgehead atoms. The summed E-state index contributed by atoms with van der Waals surface area (Å²) >= 11 is 0. The molecule has 0 N–H and O–H groups in total. The van der Waals surface area contributed by atoms with Crippen molar-refractivity contribution in [3.05, 3.63) is 46.5 Å². The maximum atomic E-state index is 12.9. The van der Waals surface area contributed by atoms with Crippen LogP contribution in [0.25, 0.3) is 0 Å². The summed E-state index contributed by atoms with van der Waals surface area (Å²) < 4.78 is 6.23. The molecule has 0 amide bonds. The summed E-state index contributed by atoms with van der Waals surface area (Å²) in [5.74, 6) is 0.763. The molecule has 1 saturated heterocycles. The molecule has 0 saturated carbocycles. The van der Waals surface area contributed by atoms with E-state index in [4.69, 9.17) is 4.74 Å². The van der Waals surface area contributed by atoms with Crippen molar-refractivity contribution in [1.82, 2.24) is 0 Å². The highest BCUT2D eigenvalue weighted by Crippen LogP contribution is 2.63. The molecule has 0 radical (unpaired) electrons. The van der Waals surface area contributed by atoms with E-state index in [9.17, 15) is 4.79 Å². The van der Waals surface area contributed by atoms with E-state index in [-0.39, 0.29) is 18.1 Å². The van der Waals surface area contributed by atoms with Crippen LogP contribution in [0.1, 0.15) is 62.9 Å². The Morgan fingerprint density at radius 3 is 2.19 bits per heavy atom. The van der Waals surface area contributed by atoms with Crippen molar-refractivity contribution in [3.63, 3.8) is 0 Å². The lowest BCUT2D eigenvalue weighted by Gasteiger charge is -2.25. The summed E-state index contributed by atoms with van der Waals surface area (Å²) in [7, 11) is 0. The lowest BCUT2D eigenvalue weighted by atomic mass is 9.74. The molecule has 0 aromatic heterocycles. The Morgan fingerprint density at radius 1 is 0.952 bits per heavy atom. The molecule has 1 fully saturated rings. The SMILES string of the molecule is CCCC1=C(CCC)[C@@H]2[C@H](C1=O)[C@@H]1O[C@H]2c2ccccc21. The second kappa shape index (κ2) is 4.81. The summed E-state index contributed by atoms with van der Waals surface area (Å²) in [5, 5.41) is 0. The molecular formula is C19H22O2. The van der Waals surface area contributed by atoms with Crippen molar-refractivity contribution in [1.29, 1.82) is 0 Å². The van der Waals surface area contributed by atoms with Gasteiger partial charge in [-0.25, -0.2) is 0 Å². The van der Waals surface area contributed by atoms with E-state index in [1.165, 1.54) is 16.7 Å². The first-order valence-corrected chi connectivity index (χ1v) is 8.28. The Bertz CT molecular complexity index is 628. The number of hydrogen-bond acceptors (Lipinski definition) is 2. The van der Waals surface area contributed by atoms with E-state index in [1.54, 1.807) is 0 Å². The van der Waals surface area contributed by atoms with Crippen LogP contribution in [0.4, 0.5) is 0 Å². The van der Waals surface area contributed by atoms with Gasteiger partial charge in [0.25, 0.3) is 0 Å². The fourth-order valence-electron chi connectivity index (χ4n) is 4.65. The molecule has 2 aliphatic heterocycles. The highest BCUT2D eigenvalue weighted by Gasteiger charge is 2.59. The van der Waals surface area contributed by atoms with Gasteiger partial charge < -0.3 is 4.74 Å². The molecule has 1 aromatic carbocycles. The topological polar surface area (TPSA) is 26.3 Å². The van der Waals surface area contributed by atoms with Gasteiger partial charge in [-0.3, -0.25) is 4.79 Å². The number of Topliss-reactive ketones (excluding diaryl/α,β-unsaturated/α-hetero) is 1. The first kappa shape index (κ1) is 13.3. The third kappa shape index (κ3) is 1.66. The van der Waals surface area contributed by atoms with Crippen molar-refractivity contribution in [2.75, 3.05) is 0 Å². The Balaban J connectivity index is 1.80. The van der Waals surface area contributed by atoms with Crippen LogP contribution in [-0.2, 0) is 9.53 Å². The zero-order valence-corrected chi connectivity index (χ0v) is 12.8. The standard InChI is InChI=1S/C19H22O2/c1-3-7-11-12(8-4-2)17(20)16-15(11)18-13-9-5-6-10-14(13)19(16)21-18/h5-6,9-10,15-16,18-19H,3-4,7-8H2,1-2H3/t15-,16-,18+,19-/m1/s1. The van der Waals surface area contributed by atoms with Gasteiger partial charge in [0, 0.05) is 5.92 Å². The number of rotatable bonds is 4. The molecule has 2 nitrogen and oxygen atoms in total. The molecule has 110 valence electrons. The van der Waals surface area contributed by atoms with Crippen LogP contribution in [0.15, 0.2) is 35.4 Å². The molecule has 21 heavy (non-hydrogen) atoms. The van der Waals surface area contributed by atoms with Crippen LogP contribution in [0.3, 0.4) is 0 Å². The summed E-state index contributed by atoms with van der Waals surface area (Å²) in [6, 6.07) is 8.47. The number of ketones is 1. The van der Waals surface area contributed by atoms with Gasteiger partial charge in [-0.2, -0.15) is 0 Å². The second-order valence-corrected chi connectivity index (χ2v) is 6.53. The van der Waals surface area contributed by atoms with Crippen molar-refractivity contribution in [3.8, 4) is 0 Å². The molecule has 2 heteroatoms. The molecule has 3 aliphatic rings. The maximum absolute atomic E-state index is 12.9. The average molecular weight is 282 g/mol. The van der Waals surface area contributed by atoms with E-state index in [1.807, 2.05) is 0 Å². The van der Waals surface area contributed by atoms with Gasteiger partial charge in [-0.15, -0.1) is 0 Å². The number of carbonyl (C=O) groups is 1. The van der Waals surface area contributed by atoms with Crippen LogP contribution in [-0.4, -0.2) is 5.78 Å². The number of fused-ring (bicyclic) bond motifs is 8. The van der Waals surface area contributed by atoms with Crippen LogP contribution in [0.5, 0.6) is 0 Å². The van der Waals surface area contributed by atoms with Crippen molar-refractivity contribution in [2.24, 2.45) is 11.8 Å². The van der Waals surface area contributed by atoms with Gasteiger partial charge in [-0.1, -0.05) is 56.5 Å². The van der Waals surface area contributed by atoms with Crippen LogP contribution < -0.4 is 0 Å². The van der Waals surface area contributed by atoms with Crippen molar-refractivity contribution < 1.29 is 9.53 Å². The summed E-state index contributed by atoms with van der Waals surface area (Å²) in [6.45, 7) is 4.37. The predicted molar refractivity (Wildman–Crippen MR) is 81.8 cm³/mol. The van der Waals surface area contributed by atoms with Gasteiger partial charge in [-0.05, 0) is 29.5 Å². The van der Waals surface area contributed by atoms with Crippen LogP contribution in [0, 0.1) is 11.8 Å². The zero-order valence-electron chi connectivity index (χ0n) is 12.8. The van der Waals surface area contributed by atoms with Gasteiger partial charge in [0.15, 0.2) is 5.78 Å². The Labute approximate surface area is 126 Å². The highest BCUT2D eigenvalue weighted by molar-refractivity contribution is 6.02. The van der Waals surface area contributed by atoms with Gasteiger partial charge in [0.05, 0.1) is 18.1 Å². The lowest BCUT2D eigenvalue weighted by molar-refractivity contribution is -0.120. The van der Waals surface area contributed by atoms with E-state index >= 15 is 0 Å². The smallest absolute Gasteiger partial charge is 0.165 e. The van der Waals surface area contributed by atoms with Gasteiger partial charge >= 0.3 is 0 Å². The third-order valence-corrected chi connectivity index (χ3v) is 5.35. The quantitative estimate of drug-likeness (QED) is 0.811. The normalized spacial score (nSPS) is 32.8. The number of benzene rings is 1. The van der Waals surface area contributed by atoms with Crippen LogP contribution in [0.2, 0.25) is 0 Å². The van der Waals surface area contributed by atoms with Crippen molar-refractivity contribution >= 4 is 5.78 Å². The monoisotopic (exact) mass is 282 g/mol. The number of carbonyl (C=O) groups excluding carboxylic acids is 1. The summed E-state index contributed by atoms with van der Waals surface area (Å²) in [4.78, 5) is 12.9. The summed E-state index contributed by atoms with van der Waals surface area (Å²) in [5.41, 5.74) is 5.13. The first-order chi connectivity index (χ1) is 10.3. The van der Waals surface area contributed by atoms with Gasteiger partial charge in [0.2, 0.25) is 0 Å². The fraction of sp³-hybridized carbons (Fsp3) is 0.526. The minimum Gasteiger partial charge on any atom is -0.364 e. The van der Waals surface area contributed by atoms with E-state index in [0.29, 0.717) is 11.7 Å². The lowest BCUT2D eigenvalue weighted by Crippen LogP contribution is -2.24. The Morgan fingerprint density at radius 2 is 1.57 bits per heavy atom. The summed E-state index contributed by atoms with van der Waals surface area (Å²) in [6.07, 6.45) is 4.28. The number of ether oxygens (including phenoxy) is 1. The highest BCUT2D eigenvalue weighted by atomic mass is 16.5. The molecule has 0 spiro atoms. The predicted octanol–water partition coefficient (Wildman–Crippen LogP) is 4.52.